The molecule has 0 saturated heterocycles. The molecule has 0 aromatic heterocycles. The van der Waals surface area contributed by atoms with E-state index in [1.54, 1.807) is 33.0 Å². The highest BCUT2D eigenvalue weighted by molar-refractivity contribution is 5.87. The quantitative estimate of drug-likeness (QED) is 0.721. The predicted octanol–water partition coefficient (Wildman–Crippen LogP) is 3.15. The summed E-state index contributed by atoms with van der Waals surface area (Å²) >= 11 is 0. The highest BCUT2D eigenvalue weighted by Crippen LogP contribution is 2.18. The smallest absolute Gasteiger partial charge is 0.242 e. The molecular formula is C22H28N2O4. The van der Waals surface area contributed by atoms with E-state index in [1.807, 2.05) is 48.5 Å². The first-order valence-electron chi connectivity index (χ1n) is 9.32. The zero-order valence-corrected chi connectivity index (χ0v) is 16.9. The van der Waals surface area contributed by atoms with Crippen LogP contribution in [0, 0.1) is 0 Å². The van der Waals surface area contributed by atoms with Gasteiger partial charge >= 0.3 is 0 Å². The molecule has 2 amide bonds. The second-order valence-corrected chi connectivity index (χ2v) is 6.43. The van der Waals surface area contributed by atoms with Crippen LogP contribution in [0.1, 0.15) is 31.4 Å². The predicted molar refractivity (Wildman–Crippen MR) is 108 cm³/mol. The molecule has 2 aromatic carbocycles. The standard InChI is InChI=1S/C22H28N2O4/c1-5-21(25)24(15-17-10-12-19(27-3)13-11-17)16(2)22(26)23-14-18-8-6-7-9-20(18)28-4/h6-13,16H,5,14-15H2,1-4H3,(H,23,26)/t16-/m1/s1. The molecule has 0 aliphatic carbocycles. The number of carbonyl (C=O) groups is 2. The summed E-state index contributed by atoms with van der Waals surface area (Å²) < 4.78 is 10.5. The van der Waals surface area contributed by atoms with Gasteiger partial charge in [0.1, 0.15) is 17.5 Å². The molecule has 0 radical (unpaired) electrons. The zero-order chi connectivity index (χ0) is 20.5. The Hall–Kier alpha value is -3.02. The third-order valence-corrected chi connectivity index (χ3v) is 4.63. The lowest BCUT2D eigenvalue weighted by Crippen LogP contribution is -2.47. The largest absolute Gasteiger partial charge is 0.497 e. The normalized spacial score (nSPS) is 11.4. The Bertz CT molecular complexity index is 789. The van der Waals surface area contributed by atoms with Gasteiger partial charge in [-0.2, -0.15) is 0 Å². The molecule has 0 fully saturated rings. The number of methoxy groups -OCH3 is 2. The molecule has 0 aliphatic rings. The van der Waals surface area contributed by atoms with E-state index in [0.717, 1.165) is 22.6 Å². The molecule has 1 atom stereocenters. The van der Waals surface area contributed by atoms with Crippen LogP contribution in [0.5, 0.6) is 11.5 Å². The van der Waals surface area contributed by atoms with Crippen LogP contribution in [0.2, 0.25) is 0 Å². The first-order valence-corrected chi connectivity index (χ1v) is 9.32. The first-order chi connectivity index (χ1) is 13.5. The molecule has 0 aliphatic heterocycles. The van der Waals surface area contributed by atoms with Crippen LogP contribution in [0.3, 0.4) is 0 Å². The van der Waals surface area contributed by atoms with E-state index >= 15 is 0 Å². The molecule has 0 bridgehead atoms. The first kappa shape index (κ1) is 21.3. The van der Waals surface area contributed by atoms with E-state index in [2.05, 4.69) is 5.32 Å². The summed E-state index contributed by atoms with van der Waals surface area (Å²) in [6, 6.07) is 14.4. The summed E-state index contributed by atoms with van der Waals surface area (Å²) in [6.07, 6.45) is 0.334. The van der Waals surface area contributed by atoms with Crippen molar-refractivity contribution in [2.45, 2.75) is 39.4 Å². The molecule has 28 heavy (non-hydrogen) atoms. The molecule has 0 spiro atoms. The van der Waals surface area contributed by atoms with Gasteiger partial charge in [-0.1, -0.05) is 37.3 Å². The van der Waals surface area contributed by atoms with E-state index in [9.17, 15) is 9.59 Å². The lowest BCUT2D eigenvalue weighted by Gasteiger charge is -2.28. The minimum atomic E-state index is -0.593. The van der Waals surface area contributed by atoms with E-state index < -0.39 is 6.04 Å². The summed E-state index contributed by atoms with van der Waals surface area (Å²) in [5.74, 6) is 1.19. The number of hydrogen-bond acceptors (Lipinski definition) is 4. The number of nitrogens with one attached hydrogen (secondary N) is 1. The highest BCUT2D eigenvalue weighted by atomic mass is 16.5. The third-order valence-electron chi connectivity index (χ3n) is 4.63. The number of carbonyl (C=O) groups excluding carboxylic acids is 2. The van der Waals surface area contributed by atoms with Gasteiger partial charge < -0.3 is 19.7 Å². The fraction of sp³-hybridized carbons (Fsp3) is 0.364. The second-order valence-electron chi connectivity index (χ2n) is 6.43. The SMILES string of the molecule is CCC(=O)N(Cc1ccc(OC)cc1)[C@H](C)C(=O)NCc1ccccc1OC. The summed E-state index contributed by atoms with van der Waals surface area (Å²) in [7, 11) is 3.20. The van der Waals surface area contributed by atoms with Crippen molar-refractivity contribution in [1.82, 2.24) is 10.2 Å². The lowest BCUT2D eigenvalue weighted by atomic mass is 10.1. The molecule has 6 heteroatoms. The Morgan fingerprint density at radius 3 is 2.32 bits per heavy atom. The minimum Gasteiger partial charge on any atom is -0.497 e. The number of nitrogens with zero attached hydrogens (tertiary/aromatic N) is 1. The van der Waals surface area contributed by atoms with E-state index in [1.165, 1.54) is 0 Å². The Morgan fingerprint density at radius 1 is 1.04 bits per heavy atom. The number of hydrogen-bond donors (Lipinski definition) is 1. The molecule has 0 saturated carbocycles. The van der Waals surface area contributed by atoms with Gasteiger partial charge in [0, 0.05) is 25.1 Å². The number of benzene rings is 2. The Labute approximate surface area is 166 Å². The van der Waals surface area contributed by atoms with Crippen molar-refractivity contribution in [1.29, 1.82) is 0 Å². The molecule has 0 unspecified atom stereocenters. The molecule has 1 N–H and O–H groups in total. The minimum absolute atomic E-state index is 0.0734. The van der Waals surface area contributed by atoms with Crippen LogP contribution in [0.25, 0.3) is 0 Å². The van der Waals surface area contributed by atoms with Crippen LogP contribution < -0.4 is 14.8 Å². The summed E-state index contributed by atoms with van der Waals surface area (Å²) in [4.78, 5) is 26.8. The van der Waals surface area contributed by atoms with Crippen molar-refractivity contribution in [3.8, 4) is 11.5 Å². The number of amides is 2. The fourth-order valence-corrected chi connectivity index (χ4v) is 2.89. The molecular weight excluding hydrogens is 356 g/mol. The van der Waals surface area contributed by atoms with Crippen molar-refractivity contribution in [3.05, 3.63) is 59.7 Å². The number of rotatable bonds is 9. The van der Waals surface area contributed by atoms with Crippen LogP contribution in [-0.2, 0) is 22.7 Å². The third kappa shape index (κ3) is 5.49. The van der Waals surface area contributed by atoms with Crippen LogP contribution in [0.4, 0.5) is 0 Å². The average molecular weight is 384 g/mol. The second kappa shape index (κ2) is 10.3. The van der Waals surface area contributed by atoms with Gasteiger partial charge in [-0.25, -0.2) is 0 Å². The molecule has 2 aromatic rings. The molecule has 2 rings (SSSR count). The van der Waals surface area contributed by atoms with E-state index in [-0.39, 0.29) is 11.8 Å². The van der Waals surface area contributed by atoms with Crippen LogP contribution in [0.15, 0.2) is 48.5 Å². The van der Waals surface area contributed by atoms with Crippen molar-refractivity contribution >= 4 is 11.8 Å². The summed E-state index contributed by atoms with van der Waals surface area (Å²) in [5, 5.41) is 2.90. The van der Waals surface area contributed by atoms with Gasteiger partial charge in [-0.15, -0.1) is 0 Å². The van der Waals surface area contributed by atoms with Gasteiger partial charge in [0.15, 0.2) is 0 Å². The highest BCUT2D eigenvalue weighted by Gasteiger charge is 2.25. The van der Waals surface area contributed by atoms with Gasteiger partial charge in [0.05, 0.1) is 14.2 Å². The fourth-order valence-electron chi connectivity index (χ4n) is 2.89. The van der Waals surface area contributed by atoms with E-state index in [0.29, 0.717) is 19.5 Å². The maximum atomic E-state index is 12.7. The van der Waals surface area contributed by atoms with Crippen molar-refractivity contribution < 1.29 is 19.1 Å². The van der Waals surface area contributed by atoms with E-state index in [4.69, 9.17) is 9.47 Å². The topological polar surface area (TPSA) is 67.9 Å². The molecule has 0 heterocycles. The Balaban J connectivity index is 2.07. The maximum absolute atomic E-state index is 12.7. The molecule has 150 valence electrons. The van der Waals surface area contributed by atoms with Crippen molar-refractivity contribution in [2.24, 2.45) is 0 Å². The summed E-state index contributed by atoms with van der Waals surface area (Å²) in [6.45, 7) is 4.24. The van der Waals surface area contributed by atoms with Crippen molar-refractivity contribution in [2.75, 3.05) is 14.2 Å². The Kier molecular flexibility index (Phi) is 7.87. The molecule has 6 nitrogen and oxygen atoms in total. The lowest BCUT2D eigenvalue weighted by molar-refractivity contribution is -0.140. The van der Waals surface area contributed by atoms with Gasteiger partial charge in [-0.05, 0) is 30.7 Å². The summed E-state index contributed by atoms with van der Waals surface area (Å²) in [5.41, 5.74) is 1.82. The Morgan fingerprint density at radius 2 is 1.71 bits per heavy atom. The van der Waals surface area contributed by atoms with Gasteiger partial charge in [0.25, 0.3) is 0 Å². The monoisotopic (exact) mass is 384 g/mol. The van der Waals surface area contributed by atoms with Crippen LogP contribution >= 0.6 is 0 Å². The van der Waals surface area contributed by atoms with Gasteiger partial charge in [-0.3, -0.25) is 9.59 Å². The van der Waals surface area contributed by atoms with Gasteiger partial charge in [0.2, 0.25) is 11.8 Å². The maximum Gasteiger partial charge on any atom is 0.242 e. The van der Waals surface area contributed by atoms with Crippen LogP contribution in [-0.4, -0.2) is 37.0 Å². The number of ether oxygens (including phenoxy) is 2. The van der Waals surface area contributed by atoms with Crippen molar-refractivity contribution in [3.63, 3.8) is 0 Å². The number of para-hydroxylation sites is 1. The average Bonchev–Trinajstić information content (AvgIpc) is 2.75. The zero-order valence-electron chi connectivity index (χ0n) is 16.9.